The summed E-state index contributed by atoms with van der Waals surface area (Å²) in [6, 6.07) is 44.3. The van der Waals surface area contributed by atoms with Gasteiger partial charge in [0, 0.05) is 43.2 Å². The van der Waals surface area contributed by atoms with Gasteiger partial charge in [-0.1, -0.05) is 186 Å². The molecule has 2 aliphatic heterocycles. The first-order chi connectivity index (χ1) is 31.8. The number of anilines is 6. The van der Waals surface area contributed by atoms with Crippen molar-refractivity contribution in [3.8, 4) is 11.1 Å². The zero-order valence-corrected chi connectivity index (χ0v) is 46.3. The van der Waals surface area contributed by atoms with Gasteiger partial charge < -0.3 is 9.80 Å². The van der Waals surface area contributed by atoms with E-state index in [9.17, 15) is 0 Å². The molecule has 4 heteroatoms. The maximum absolute atomic E-state index is 2.72. The Bertz CT molecular complexity index is 3210. The Morgan fingerprint density at radius 3 is 1.57 bits per heavy atom. The average Bonchev–Trinajstić information content (AvgIpc) is 3.71. The molecular formula is C65H77BN2S. The zero-order chi connectivity index (χ0) is 49.9. The summed E-state index contributed by atoms with van der Waals surface area (Å²) in [5.74, 6) is 0. The van der Waals surface area contributed by atoms with Gasteiger partial charge in [0.05, 0.1) is 11.4 Å². The van der Waals surface area contributed by atoms with Crippen molar-refractivity contribution in [1.82, 2.24) is 0 Å². The smallest absolute Gasteiger partial charge is 0.264 e. The van der Waals surface area contributed by atoms with E-state index < -0.39 is 0 Å². The summed E-state index contributed by atoms with van der Waals surface area (Å²) < 4.78 is 2.78. The molecule has 0 spiro atoms. The van der Waals surface area contributed by atoms with Gasteiger partial charge in [-0.25, -0.2) is 0 Å². The van der Waals surface area contributed by atoms with Crippen LogP contribution in [-0.2, 0) is 37.9 Å². The van der Waals surface area contributed by atoms with E-state index in [-0.39, 0.29) is 44.6 Å². The van der Waals surface area contributed by atoms with Crippen LogP contribution in [0.1, 0.15) is 177 Å². The fourth-order valence-electron chi connectivity index (χ4n) is 12.1. The SMILES string of the molecule is CC(C)(C)c1ccc(-c2cc(C(C)(C)C)ccc2N2c3cc(C(C)(C)C)ccc3B3c4sc5ccc(C(C)(C)C)cc5c4N(c4ccc5c(c4)C(C)(C)CC5(C)C)c4cc(C(C)(C)C)cc2c43)cc1. The lowest BCUT2D eigenvalue weighted by Crippen LogP contribution is -2.60. The molecule has 0 amide bonds. The highest BCUT2D eigenvalue weighted by molar-refractivity contribution is 7.33. The number of nitrogens with zero attached hydrogens (tertiary/aromatic N) is 2. The molecule has 10 rings (SSSR count). The van der Waals surface area contributed by atoms with Gasteiger partial charge in [0.2, 0.25) is 0 Å². The summed E-state index contributed by atoms with van der Waals surface area (Å²) in [6.45, 7) is 45.1. The molecule has 0 N–H and O–H groups in total. The fourth-order valence-corrected chi connectivity index (χ4v) is 13.4. The lowest BCUT2D eigenvalue weighted by atomic mass is 9.36. The Hall–Kier alpha value is -5.06. The van der Waals surface area contributed by atoms with Crippen LogP contribution >= 0.6 is 11.3 Å². The summed E-state index contributed by atoms with van der Waals surface area (Å²) in [5, 5.41) is 1.35. The first-order valence-electron chi connectivity index (χ1n) is 25.8. The monoisotopic (exact) mass is 929 g/mol. The van der Waals surface area contributed by atoms with Crippen molar-refractivity contribution in [2.45, 2.75) is 176 Å². The molecule has 0 bridgehead atoms. The molecule has 0 saturated carbocycles. The van der Waals surface area contributed by atoms with E-state index in [1.165, 1.54) is 110 Å². The topological polar surface area (TPSA) is 6.48 Å². The molecule has 0 atom stereocenters. The Kier molecular flexibility index (Phi) is 10.5. The van der Waals surface area contributed by atoms with E-state index >= 15 is 0 Å². The number of benzene rings is 6. The van der Waals surface area contributed by atoms with Gasteiger partial charge in [-0.3, -0.25) is 0 Å². The minimum absolute atomic E-state index is 0.00473. The third kappa shape index (κ3) is 7.82. The second kappa shape index (κ2) is 15.2. The van der Waals surface area contributed by atoms with Crippen molar-refractivity contribution in [1.29, 1.82) is 0 Å². The molecule has 3 aliphatic rings. The van der Waals surface area contributed by atoms with Crippen LogP contribution in [0, 0.1) is 0 Å². The standard InChI is InChI=1S/C65H77BN2S/c1-59(2,3)40-22-20-39(21-23-40)46-32-41(60(4,5)6)25-30-51(46)68-52-34-43(62(10,11)12)24-29-50(52)66-56-53(35-44(36-54(56)68)63(13,14)15)67(45-27-28-48-49(37-45)65(18,19)38-64(48,16)17)57-47-33-42(61(7,8)9)26-31-55(47)69-58(57)66/h20-37H,38H2,1-19H3. The number of hydrogen-bond acceptors (Lipinski definition) is 3. The van der Waals surface area contributed by atoms with Gasteiger partial charge in [0.15, 0.2) is 0 Å². The predicted molar refractivity (Wildman–Crippen MR) is 305 cm³/mol. The van der Waals surface area contributed by atoms with E-state index in [0.29, 0.717) is 0 Å². The Morgan fingerprint density at radius 1 is 0.449 bits per heavy atom. The van der Waals surface area contributed by atoms with E-state index in [0.717, 1.165) is 6.42 Å². The predicted octanol–water partition coefficient (Wildman–Crippen LogP) is 17.1. The summed E-state index contributed by atoms with van der Waals surface area (Å²) in [5.41, 5.74) is 22.7. The molecular weight excluding hydrogens is 852 g/mol. The van der Waals surface area contributed by atoms with Crippen molar-refractivity contribution >= 4 is 78.0 Å². The van der Waals surface area contributed by atoms with Crippen LogP contribution < -0.4 is 25.5 Å². The molecule has 0 fully saturated rings. The molecule has 0 unspecified atom stereocenters. The fraction of sp³-hybridized carbons (Fsp3) is 0.415. The van der Waals surface area contributed by atoms with Gasteiger partial charge in [-0.15, -0.1) is 11.3 Å². The van der Waals surface area contributed by atoms with Gasteiger partial charge in [0.25, 0.3) is 6.71 Å². The van der Waals surface area contributed by atoms with Crippen molar-refractivity contribution in [2.24, 2.45) is 0 Å². The van der Waals surface area contributed by atoms with Gasteiger partial charge in [-0.2, -0.15) is 0 Å². The van der Waals surface area contributed by atoms with Crippen LogP contribution in [0.5, 0.6) is 0 Å². The molecule has 2 nitrogen and oxygen atoms in total. The van der Waals surface area contributed by atoms with Crippen molar-refractivity contribution < 1.29 is 0 Å². The summed E-state index contributed by atoms with van der Waals surface area (Å²) in [4.78, 5) is 5.41. The third-order valence-electron chi connectivity index (χ3n) is 16.0. The maximum atomic E-state index is 2.72. The number of hydrogen-bond donors (Lipinski definition) is 0. The van der Waals surface area contributed by atoms with Crippen molar-refractivity contribution in [3.05, 3.63) is 148 Å². The summed E-state index contributed by atoms with van der Waals surface area (Å²) >= 11 is 2.01. The van der Waals surface area contributed by atoms with Crippen molar-refractivity contribution in [3.63, 3.8) is 0 Å². The minimum atomic E-state index is -0.131. The normalized spacial score (nSPS) is 16.4. The second-order valence-electron chi connectivity index (χ2n) is 27.6. The Balaban J connectivity index is 1.35. The molecule has 6 aromatic carbocycles. The molecule has 69 heavy (non-hydrogen) atoms. The van der Waals surface area contributed by atoms with Crippen LogP contribution in [0.2, 0.25) is 0 Å². The van der Waals surface area contributed by atoms with E-state index in [2.05, 4.69) is 251 Å². The highest BCUT2D eigenvalue weighted by Crippen LogP contribution is 2.55. The van der Waals surface area contributed by atoms with Crippen LogP contribution in [0.25, 0.3) is 21.2 Å². The molecule has 1 aliphatic carbocycles. The number of thiophene rings is 1. The molecule has 7 aromatic rings. The zero-order valence-electron chi connectivity index (χ0n) is 45.5. The third-order valence-corrected chi connectivity index (χ3v) is 17.3. The van der Waals surface area contributed by atoms with Crippen LogP contribution in [-0.4, -0.2) is 6.71 Å². The molecule has 1 aromatic heterocycles. The molecule has 0 radical (unpaired) electrons. The molecule has 356 valence electrons. The highest BCUT2D eigenvalue weighted by atomic mass is 32.1. The summed E-state index contributed by atoms with van der Waals surface area (Å²) in [6.07, 6.45) is 1.13. The largest absolute Gasteiger partial charge is 0.311 e. The summed E-state index contributed by atoms with van der Waals surface area (Å²) in [7, 11) is 0. The average molecular weight is 929 g/mol. The number of fused-ring (bicyclic) bond motifs is 7. The first kappa shape index (κ1) is 47.6. The van der Waals surface area contributed by atoms with E-state index in [1.807, 2.05) is 11.3 Å². The first-order valence-corrected chi connectivity index (χ1v) is 26.6. The highest BCUT2D eigenvalue weighted by Gasteiger charge is 2.48. The lowest BCUT2D eigenvalue weighted by Gasteiger charge is -2.45. The van der Waals surface area contributed by atoms with Crippen molar-refractivity contribution in [2.75, 3.05) is 9.80 Å². The van der Waals surface area contributed by atoms with Gasteiger partial charge >= 0.3 is 0 Å². The quantitative estimate of drug-likeness (QED) is 0.163. The molecule has 3 heterocycles. The van der Waals surface area contributed by atoms with E-state index in [4.69, 9.17) is 0 Å². The van der Waals surface area contributed by atoms with Crippen LogP contribution in [0.15, 0.2) is 109 Å². The number of rotatable bonds is 3. The van der Waals surface area contributed by atoms with Crippen LogP contribution in [0.4, 0.5) is 34.1 Å². The maximum Gasteiger partial charge on any atom is 0.264 e. The van der Waals surface area contributed by atoms with Crippen LogP contribution in [0.3, 0.4) is 0 Å². The van der Waals surface area contributed by atoms with Gasteiger partial charge in [-0.05, 0) is 154 Å². The Labute approximate surface area is 420 Å². The second-order valence-corrected chi connectivity index (χ2v) is 28.6. The molecule has 0 saturated heterocycles. The van der Waals surface area contributed by atoms with Gasteiger partial charge in [0.1, 0.15) is 0 Å². The Morgan fingerprint density at radius 2 is 0.957 bits per heavy atom. The lowest BCUT2D eigenvalue weighted by molar-refractivity contribution is 0.403. The minimum Gasteiger partial charge on any atom is -0.311 e. The van der Waals surface area contributed by atoms with E-state index in [1.54, 1.807) is 0 Å².